The summed E-state index contributed by atoms with van der Waals surface area (Å²) >= 11 is 5.40. The zero-order valence-electron chi connectivity index (χ0n) is 7.90. The summed E-state index contributed by atoms with van der Waals surface area (Å²) in [4.78, 5) is 11.6. The third-order valence-electron chi connectivity index (χ3n) is 1.77. The zero-order valence-corrected chi connectivity index (χ0v) is 11.6. The van der Waals surface area contributed by atoms with Gasteiger partial charge in [0, 0.05) is 15.4 Å². The van der Waals surface area contributed by atoms with Gasteiger partial charge in [0.1, 0.15) is 5.82 Å². The lowest BCUT2D eigenvalue weighted by atomic mass is 10.2. The average molecular weight is 386 g/mol. The molecule has 2 nitrogen and oxygen atoms in total. The van der Waals surface area contributed by atoms with Crippen LogP contribution in [0.4, 0.5) is 4.39 Å². The van der Waals surface area contributed by atoms with Crippen molar-refractivity contribution in [2.75, 3.05) is 11.0 Å². The summed E-state index contributed by atoms with van der Waals surface area (Å²) in [7, 11) is 0. The molecule has 0 aliphatic carbocycles. The molecule has 0 fully saturated rings. The van der Waals surface area contributed by atoms with Crippen LogP contribution in [-0.4, -0.2) is 16.9 Å². The van der Waals surface area contributed by atoms with Crippen molar-refractivity contribution in [3.05, 3.63) is 34.1 Å². The van der Waals surface area contributed by atoms with Crippen molar-refractivity contribution in [2.24, 2.45) is 0 Å². The number of hydrogen-bond acceptors (Lipinski definition) is 1. The maximum absolute atomic E-state index is 12.8. The highest BCUT2D eigenvalue weighted by atomic mass is 127. The molecule has 0 aliphatic rings. The van der Waals surface area contributed by atoms with Crippen LogP contribution in [-0.2, 0) is 0 Å². The molecule has 1 rings (SSSR count). The van der Waals surface area contributed by atoms with E-state index in [4.69, 9.17) is 0 Å². The second-order valence-corrected chi connectivity index (χ2v) is 4.86. The van der Waals surface area contributed by atoms with Crippen molar-refractivity contribution < 1.29 is 9.18 Å². The van der Waals surface area contributed by atoms with Gasteiger partial charge in [-0.3, -0.25) is 4.79 Å². The molecule has 0 unspecified atom stereocenters. The van der Waals surface area contributed by atoms with Gasteiger partial charge in [-0.05, 0) is 40.5 Å². The van der Waals surface area contributed by atoms with Crippen LogP contribution in [0.2, 0.25) is 0 Å². The van der Waals surface area contributed by atoms with Crippen molar-refractivity contribution in [1.82, 2.24) is 5.32 Å². The minimum Gasteiger partial charge on any atom is -0.352 e. The Morgan fingerprint density at radius 3 is 2.87 bits per heavy atom. The minimum absolute atomic E-state index is 0.174. The predicted octanol–water partition coefficient (Wildman–Crippen LogP) is 3.14. The molecule has 1 N–H and O–H groups in total. The van der Waals surface area contributed by atoms with Gasteiger partial charge < -0.3 is 5.32 Å². The van der Waals surface area contributed by atoms with E-state index in [-0.39, 0.29) is 11.7 Å². The monoisotopic (exact) mass is 385 g/mol. The van der Waals surface area contributed by atoms with E-state index < -0.39 is 0 Å². The summed E-state index contributed by atoms with van der Waals surface area (Å²) in [5, 5.41) is 2.76. The number of amides is 1. The first-order valence-corrected chi connectivity index (χ1v) is 6.76. The van der Waals surface area contributed by atoms with E-state index in [1.54, 1.807) is 0 Å². The van der Waals surface area contributed by atoms with Gasteiger partial charge in [0.2, 0.25) is 0 Å². The molecule has 15 heavy (non-hydrogen) atoms. The summed E-state index contributed by atoms with van der Waals surface area (Å²) in [5.74, 6) is -0.530. The topological polar surface area (TPSA) is 29.1 Å². The van der Waals surface area contributed by atoms with E-state index in [0.717, 1.165) is 10.8 Å². The Bertz CT molecular complexity index is 359. The number of alkyl halides is 1. The van der Waals surface area contributed by atoms with Gasteiger partial charge in [0.05, 0.1) is 5.56 Å². The van der Waals surface area contributed by atoms with Gasteiger partial charge in [-0.2, -0.15) is 0 Å². The Balaban J connectivity index is 2.65. The Morgan fingerprint density at radius 2 is 2.27 bits per heavy atom. The standard InChI is InChI=1S/C10H10BrFINO/c11-9-6-7(12)2-3-8(9)10(15)14-5-1-4-13/h2-3,6H,1,4-5H2,(H,14,15). The summed E-state index contributed by atoms with van der Waals surface area (Å²) in [6, 6.07) is 4.03. The number of hydrogen-bond donors (Lipinski definition) is 1. The molecule has 0 atom stereocenters. The van der Waals surface area contributed by atoms with Crippen molar-refractivity contribution in [3.63, 3.8) is 0 Å². The number of rotatable bonds is 4. The fraction of sp³-hybridized carbons (Fsp3) is 0.300. The SMILES string of the molecule is O=C(NCCCI)c1ccc(F)cc1Br. The number of carbonyl (C=O) groups excluding carboxylic acids is 1. The number of benzene rings is 1. The highest BCUT2D eigenvalue weighted by molar-refractivity contribution is 14.1. The molecular weight excluding hydrogens is 376 g/mol. The predicted molar refractivity (Wildman–Crippen MR) is 69.9 cm³/mol. The van der Waals surface area contributed by atoms with Gasteiger partial charge in [-0.15, -0.1) is 0 Å². The van der Waals surface area contributed by atoms with Crippen LogP contribution in [0.25, 0.3) is 0 Å². The van der Waals surface area contributed by atoms with Crippen LogP contribution >= 0.6 is 38.5 Å². The van der Waals surface area contributed by atoms with E-state index in [0.29, 0.717) is 16.6 Å². The number of nitrogens with one attached hydrogen (secondary N) is 1. The maximum Gasteiger partial charge on any atom is 0.252 e. The summed E-state index contributed by atoms with van der Waals surface area (Å²) in [6.07, 6.45) is 0.936. The van der Waals surface area contributed by atoms with Crippen LogP contribution < -0.4 is 5.32 Å². The van der Waals surface area contributed by atoms with Crippen LogP contribution in [0, 0.1) is 5.82 Å². The molecule has 0 saturated heterocycles. The lowest BCUT2D eigenvalue weighted by Gasteiger charge is -2.05. The molecule has 5 heteroatoms. The molecule has 0 bridgehead atoms. The second-order valence-electron chi connectivity index (χ2n) is 2.92. The van der Waals surface area contributed by atoms with E-state index in [9.17, 15) is 9.18 Å². The normalized spacial score (nSPS) is 10.1. The lowest BCUT2D eigenvalue weighted by Crippen LogP contribution is -2.25. The van der Waals surface area contributed by atoms with Crippen molar-refractivity contribution >= 4 is 44.4 Å². The molecule has 82 valence electrons. The highest BCUT2D eigenvalue weighted by Crippen LogP contribution is 2.17. The molecular formula is C10H10BrFINO. The Morgan fingerprint density at radius 1 is 1.53 bits per heavy atom. The van der Waals surface area contributed by atoms with Crippen molar-refractivity contribution in [2.45, 2.75) is 6.42 Å². The highest BCUT2D eigenvalue weighted by Gasteiger charge is 2.09. The quantitative estimate of drug-likeness (QED) is 0.481. The smallest absolute Gasteiger partial charge is 0.252 e. The molecule has 1 amide bonds. The van der Waals surface area contributed by atoms with Gasteiger partial charge >= 0.3 is 0 Å². The summed E-state index contributed by atoms with van der Waals surface area (Å²) in [5.41, 5.74) is 0.463. The minimum atomic E-state index is -0.356. The van der Waals surface area contributed by atoms with Crippen LogP contribution in [0.1, 0.15) is 16.8 Å². The first-order valence-electron chi connectivity index (χ1n) is 4.44. The third kappa shape index (κ3) is 4.06. The number of carbonyl (C=O) groups is 1. The zero-order chi connectivity index (χ0) is 11.3. The average Bonchev–Trinajstić information content (AvgIpc) is 2.17. The molecule has 0 aliphatic heterocycles. The van der Waals surface area contributed by atoms with Gasteiger partial charge in [-0.25, -0.2) is 4.39 Å². The molecule has 0 aromatic heterocycles. The summed E-state index contributed by atoms with van der Waals surface area (Å²) < 4.78 is 14.2. The molecule has 1 aromatic carbocycles. The fourth-order valence-corrected chi connectivity index (χ4v) is 1.95. The Hall–Kier alpha value is -0.170. The third-order valence-corrected chi connectivity index (χ3v) is 3.19. The fourth-order valence-electron chi connectivity index (χ4n) is 1.04. The molecule has 0 spiro atoms. The van der Waals surface area contributed by atoms with E-state index in [1.807, 2.05) is 0 Å². The van der Waals surface area contributed by atoms with Crippen LogP contribution in [0.3, 0.4) is 0 Å². The first-order chi connectivity index (χ1) is 7.15. The van der Waals surface area contributed by atoms with E-state index in [2.05, 4.69) is 43.8 Å². The number of halogens is 3. The van der Waals surface area contributed by atoms with Gasteiger partial charge in [-0.1, -0.05) is 22.6 Å². The summed E-state index contributed by atoms with van der Waals surface area (Å²) in [6.45, 7) is 0.644. The van der Waals surface area contributed by atoms with E-state index in [1.165, 1.54) is 18.2 Å². The second kappa shape index (κ2) is 6.42. The van der Waals surface area contributed by atoms with Crippen LogP contribution in [0.15, 0.2) is 22.7 Å². The van der Waals surface area contributed by atoms with Crippen molar-refractivity contribution in [1.29, 1.82) is 0 Å². The molecule has 0 heterocycles. The van der Waals surface area contributed by atoms with Gasteiger partial charge in [0.15, 0.2) is 0 Å². The molecule has 1 aromatic rings. The maximum atomic E-state index is 12.8. The van der Waals surface area contributed by atoms with Crippen molar-refractivity contribution in [3.8, 4) is 0 Å². The lowest BCUT2D eigenvalue weighted by molar-refractivity contribution is 0.0953. The Kier molecular flexibility index (Phi) is 5.52. The Labute approximate surface area is 110 Å². The van der Waals surface area contributed by atoms with E-state index >= 15 is 0 Å². The molecule has 0 radical (unpaired) electrons. The first kappa shape index (κ1) is 12.9. The van der Waals surface area contributed by atoms with Gasteiger partial charge in [0.25, 0.3) is 5.91 Å². The van der Waals surface area contributed by atoms with Crippen LogP contribution in [0.5, 0.6) is 0 Å². The molecule has 0 saturated carbocycles. The largest absolute Gasteiger partial charge is 0.352 e.